The van der Waals surface area contributed by atoms with Gasteiger partial charge in [0.25, 0.3) is 0 Å². The number of piperazine rings is 1. The van der Waals surface area contributed by atoms with Crippen molar-refractivity contribution in [3.8, 4) is 5.75 Å². The first-order valence-corrected chi connectivity index (χ1v) is 8.49. The number of ether oxygens (including phenoxy) is 1. The van der Waals surface area contributed by atoms with Gasteiger partial charge in [-0.25, -0.2) is 4.79 Å². The lowest BCUT2D eigenvalue weighted by Crippen LogP contribution is -2.52. The summed E-state index contributed by atoms with van der Waals surface area (Å²) in [6.07, 6.45) is 0.779. The van der Waals surface area contributed by atoms with Gasteiger partial charge >= 0.3 is 6.03 Å². The van der Waals surface area contributed by atoms with E-state index in [-0.39, 0.29) is 6.03 Å². The summed E-state index contributed by atoms with van der Waals surface area (Å²) >= 11 is 0. The number of anilines is 1. The highest BCUT2D eigenvalue weighted by molar-refractivity contribution is 5.74. The summed E-state index contributed by atoms with van der Waals surface area (Å²) < 4.78 is 10.3. The lowest BCUT2D eigenvalue weighted by atomic mass is 10.1. The maximum Gasteiger partial charge on any atom is 0.317 e. The van der Waals surface area contributed by atoms with Crippen LogP contribution in [-0.2, 0) is 6.42 Å². The van der Waals surface area contributed by atoms with Gasteiger partial charge in [-0.15, -0.1) is 0 Å². The Labute approximate surface area is 147 Å². The van der Waals surface area contributed by atoms with E-state index in [0.29, 0.717) is 19.6 Å². The molecule has 3 rings (SSSR count). The van der Waals surface area contributed by atoms with Gasteiger partial charge < -0.3 is 24.4 Å². The van der Waals surface area contributed by atoms with Gasteiger partial charge in [-0.3, -0.25) is 0 Å². The Kier molecular flexibility index (Phi) is 5.42. The van der Waals surface area contributed by atoms with E-state index in [9.17, 15) is 4.79 Å². The summed E-state index contributed by atoms with van der Waals surface area (Å²) in [7, 11) is 1.65. The number of nitrogens with one attached hydrogen (secondary N) is 1. The third-order valence-electron chi connectivity index (χ3n) is 4.33. The number of aryl methyl sites for hydroxylation is 1. The van der Waals surface area contributed by atoms with Crippen LogP contribution in [0.2, 0.25) is 0 Å². The molecule has 0 radical (unpaired) electrons. The summed E-state index contributed by atoms with van der Waals surface area (Å²) in [5, 5.41) is 7.02. The number of rotatable bonds is 5. The van der Waals surface area contributed by atoms with Gasteiger partial charge in [0.1, 0.15) is 11.5 Å². The smallest absolute Gasteiger partial charge is 0.317 e. The van der Waals surface area contributed by atoms with Crippen LogP contribution in [0.15, 0.2) is 34.9 Å². The number of benzene rings is 1. The van der Waals surface area contributed by atoms with Crippen LogP contribution in [0.25, 0.3) is 0 Å². The number of carbonyl (C=O) groups is 1. The van der Waals surface area contributed by atoms with Crippen LogP contribution in [0, 0.1) is 6.92 Å². The fraction of sp³-hybridized carbons (Fsp3) is 0.444. The molecule has 25 heavy (non-hydrogen) atoms. The molecule has 0 unspecified atom stereocenters. The molecule has 2 aromatic rings. The Hall–Kier alpha value is -2.70. The molecule has 1 aromatic carbocycles. The highest BCUT2D eigenvalue weighted by atomic mass is 16.5. The van der Waals surface area contributed by atoms with Crippen LogP contribution >= 0.6 is 0 Å². The predicted octanol–water partition coefficient (Wildman–Crippen LogP) is 2.07. The minimum Gasteiger partial charge on any atom is -0.497 e. The molecule has 0 atom stereocenters. The summed E-state index contributed by atoms with van der Waals surface area (Å²) in [5.41, 5.74) is 1.14. The van der Waals surface area contributed by atoms with Gasteiger partial charge in [0.2, 0.25) is 0 Å². The molecule has 1 fully saturated rings. The van der Waals surface area contributed by atoms with Gasteiger partial charge in [-0.2, -0.15) is 0 Å². The number of hydrogen-bond acceptors (Lipinski definition) is 5. The van der Waals surface area contributed by atoms with Crippen molar-refractivity contribution in [3.63, 3.8) is 0 Å². The molecule has 1 aliphatic rings. The number of urea groups is 1. The highest BCUT2D eigenvalue weighted by Crippen LogP contribution is 2.16. The average molecular weight is 344 g/mol. The number of nitrogens with zero attached hydrogens (tertiary/aromatic N) is 3. The maximum atomic E-state index is 12.3. The second kappa shape index (κ2) is 7.92. The van der Waals surface area contributed by atoms with E-state index in [1.54, 1.807) is 7.11 Å². The first-order chi connectivity index (χ1) is 12.2. The van der Waals surface area contributed by atoms with E-state index in [4.69, 9.17) is 9.26 Å². The van der Waals surface area contributed by atoms with E-state index in [2.05, 4.69) is 15.4 Å². The molecule has 2 heterocycles. The van der Waals surface area contributed by atoms with Crippen LogP contribution in [0.5, 0.6) is 5.75 Å². The zero-order valence-electron chi connectivity index (χ0n) is 14.7. The van der Waals surface area contributed by atoms with Crippen molar-refractivity contribution in [2.75, 3.05) is 44.7 Å². The number of methoxy groups -OCH3 is 1. The number of aromatic nitrogens is 1. The molecule has 2 amide bonds. The van der Waals surface area contributed by atoms with Gasteiger partial charge in [-0.1, -0.05) is 17.3 Å². The molecule has 0 spiro atoms. The van der Waals surface area contributed by atoms with E-state index in [0.717, 1.165) is 42.4 Å². The third-order valence-corrected chi connectivity index (χ3v) is 4.33. The molecule has 1 aliphatic heterocycles. The Balaban J connectivity index is 1.42. The third kappa shape index (κ3) is 4.43. The summed E-state index contributed by atoms with van der Waals surface area (Å²) in [6, 6.07) is 9.81. The second-order valence-electron chi connectivity index (χ2n) is 6.10. The molecular formula is C18H24N4O3. The molecule has 1 aromatic heterocycles. The van der Waals surface area contributed by atoms with Gasteiger partial charge in [-0.05, 0) is 31.0 Å². The molecule has 1 saturated heterocycles. The van der Waals surface area contributed by atoms with Crippen molar-refractivity contribution in [3.05, 3.63) is 41.7 Å². The van der Waals surface area contributed by atoms with E-state index >= 15 is 0 Å². The number of amides is 2. The van der Waals surface area contributed by atoms with E-state index in [1.807, 2.05) is 42.2 Å². The molecule has 7 heteroatoms. The molecule has 1 N–H and O–H groups in total. The van der Waals surface area contributed by atoms with Gasteiger partial charge in [0.15, 0.2) is 5.82 Å². The van der Waals surface area contributed by atoms with Crippen LogP contribution < -0.4 is 15.0 Å². The Bertz CT molecular complexity index is 708. The van der Waals surface area contributed by atoms with Crippen LogP contribution in [-0.4, -0.2) is 55.9 Å². The quantitative estimate of drug-likeness (QED) is 0.899. The minimum absolute atomic E-state index is 0.0149. The van der Waals surface area contributed by atoms with Crippen molar-refractivity contribution < 1.29 is 14.1 Å². The van der Waals surface area contributed by atoms with E-state index < -0.39 is 0 Å². The lowest BCUT2D eigenvalue weighted by Gasteiger charge is -2.34. The Morgan fingerprint density at radius 3 is 2.76 bits per heavy atom. The van der Waals surface area contributed by atoms with Crippen molar-refractivity contribution >= 4 is 11.8 Å². The van der Waals surface area contributed by atoms with Crippen LogP contribution in [0.3, 0.4) is 0 Å². The fourth-order valence-electron chi connectivity index (χ4n) is 2.89. The van der Waals surface area contributed by atoms with E-state index in [1.165, 1.54) is 0 Å². The molecule has 7 nitrogen and oxygen atoms in total. The van der Waals surface area contributed by atoms with Crippen molar-refractivity contribution in [1.29, 1.82) is 0 Å². The molecule has 0 bridgehead atoms. The monoisotopic (exact) mass is 344 g/mol. The lowest BCUT2D eigenvalue weighted by molar-refractivity contribution is 0.194. The van der Waals surface area contributed by atoms with Crippen molar-refractivity contribution in [2.45, 2.75) is 13.3 Å². The summed E-state index contributed by atoms with van der Waals surface area (Å²) in [6.45, 7) is 5.36. The van der Waals surface area contributed by atoms with Gasteiger partial charge in [0, 0.05) is 38.8 Å². The standard InChI is InChI=1S/C18H24N4O3/c1-14-12-17(20-25-14)21-8-10-22(11-9-21)18(23)19-7-6-15-4-3-5-16(13-15)24-2/h3-5,12-13H,6-11H2,1-2H3,(H,19,23). The Morgan fingerprint density at radius 1 is 1.28 bits per heavy atom. The second-order valence-corrected chi connectivity index (χ2v) is 6.10. The zero-order chi connectivity index (χ0) is 17.6. The highest BCUT2D eigenvalue weighted by Gasteiger charge is 2.22. The molecule has 0 saturated carbocycles. The first kappa shape index (κ1) is 17.1. The SMILES string of the molecule is COc1cccc(CCNC(=O)N2CCN(c3cc(C)on3)CC2)c1. The molecule has 134 valence electrons. The first-order valence-electron chi connectivity index (χ1n) is 8.49. The molecular weight excluding hydrogens is 320 g/mol. The average Bonchev–Trinajstić information content (AvgIpc) is 3.08. The topological polar surface area (TPSA) is 70.8 Å². The van der Waals surface area contributed by atoms with Gasteiger partial charge in [0.05, 0.1) is 7.11 Å². The minimum atomic E-state index is -0.0149. The predicted molar refractivity (Wildman–Crippen MR) is 95.1 cm³/mol. The maximum absolute atomic E-state index is 12.3. The van der Waals surface area contributed by atoms with Crippen molar-refractivity contribution in [2.24, 2.45) is 0 Å². The fourth-order valence-corrected chi connectivity index (χ4v) is 2.89. The van der Waals surface area contributed by atoms with Crippen LogP contribution in [0.1, 0.15) is 11.3 Å². The normalized spacial score (nSPS) is 14.5. The number of hydrogen-bond donors (Lipinski definition) is 1. The van der Waals surface area contributed by atoms with Crippen molar-refractivity contribution in [1.82, 2.24) is 15.4 Å². The zero-order valence-corrected chi connectivity index (χ0v) is 14.7. The Morgan fingerprint density at radius 2 is 2.08 bits per heavy atom. The summed E-state index contributed by atoms with van der Waals surface area (Å²) in [4.78, 5) is 16.3. The summed E-state index contributed by atoms with van der Waals surface area (Å²) in [5.74, 6) is 2.48. The largest absolute Gasteiger partial charge is 0.497 e. The number of carbonyl (C=O) groups excluding carboxylic acids is 1. The van der Waals surface area contributed by atoms with Crippen LogP contribution in [0.4, 0.5) is 10.6 Å². The molecule has 0 aliphatic carbocycles.